The second-order valence-electron chi connectivity index (χ2n) is 7.59. The number of hydrogen-bond acceptors (Lipinski definition) is 4. The van der Waals surface area contributed by atoms with E-state index in [9.17, 15) is 4.79 Å². The smallest absolute Gasteiger partial charge is 0.255 e. The van der Waals surface area contributed by atoms with Crippen molar-refractivity contribution in [3.63, 3.8) is 0 Å². The molecule has 0 saturated carbocycles. The summed E-state index contributed by atoms with van der Waals surface area (Å²) in [5.74, 6) is 0.137. The maximum absolute atomic E-state index is 12.6. The highest BCUT2D eigenvalue weighted by Gasteiger charge is 2.40. The highest BCUT2D eigenvalue weighted by atomic mass is 16.5. The van der Waals surface area contributed by atoms with Crippen LogP contribution < -0.4 is 0 Å². The molecular formula is C19H27N3O2. The van der Waals surface area contributed by atoms with Crippen LogP contribution in [0.4, 0.5) is 0 Å². The third-order valence-electron chi connectivity index (χ3n) is 6.30. The zero-order valence-corrected chi connectivity index (χ0v) is 14.3. The van der Waals surface area contributed by atoms with Gasteiger partial charge < -0.3 is 9.64 Å². The van der Waals surface area contributed by atoms with Crippen LogP contribution in [-0.4, -0.2) is 66.1 Å². The predicted octanol–water partition coefficient (Wildman–Crippen LogP) is 2.19. The lowest BCUT2D eigenvalue weighted by Gasteiger charge is -2.48. The van der Waals surface area contributed by atoms with Crippen molar-refractivity contribution in [1.82, 2.24) is 14.8 Å². The van der Waals surface area contributed by atoms with Gasteiger partial charge in [0.05, 0.1) is 12.2 Å². The molecule has 3 saturated heterocycles. The Bertz CT molecular complexity index is 553. The Balaban J connectivity index is 1.31. The minimum Gasteiger partial charge on any atom is -0.380 e. The van der Waals surface area contributed by atoms with Gasteiger partial charge in [-0.3, -0.25) is 14.7 Å². The molecule has 5 heteroatoms. The van der Waals surface area contributed by atoms with Crippen molar-refractivity contribution in [2.24, 2.45) is 5.41 Å². The number of carbonyl (C=O) groups is 1. The molecule has 3 aliphatic rings. The molecule has 0 N–H and O–H groups in total. The van der Waals surface area contributed by atoms with E-state index in [1.807, 2.05) is 17.0 Å². The molecule has 0 bridgehead atoms. The average molecular weight is 329 g/mol. The number of hydrogen-bond donors (Lipinski definition) is 0. The summed E-state index contributed by atoms with van der Waals surface area (Å²) in [6, 6.07) is 4.35. The molecule has 1 unspecified atom stereocenters. The molecule has 24 heavy (non-hydrogen) atoms. The summed E-state index contributed by atoms with van der Waals surface area (Å²) in [6.45, 7) is 6.02. The van der Waals surface area contributed by atoms with Gasteiger partial charge in [-0.15, -0.1) is 0 Å². The fourth-order valence-corrected chi connectivity index (χ4v) is 4.53. The summed E-state index contributed by atoms with van der Waals surface area (Å²) in [5.41, 5.74) is 1.17. The lowest BCUT2D eigenvalue weighted by atomic mass is 9.71. The van der Waals surface area contributed by atoms with E-state index < -0.39 is 0 Å². The Morgan fingerprint density at radius 1 is 1.17 bits per heavy atom. The highest BCUT2D eigenvalue weighted by molar-refractivity contribution is 5.93. The Morgan fingerprint density at radius 3 is 2.54 bits per heavy atom. The number of rotatable bonds is 2. The normalized spacial score (nSPS) is 27.5. The average Bonchev–Trinajstić information content (AvgIpc) is 3.18. The fourth-order valence-electron chi connectivity index (χ4n) is 4.53. The van der Waals surface area contributed by atoms with Crippen molar-refractivity contribution in [2.75, 3.05) is 39.4 Å². The lowest BCUT2D eigenvalue weighted by molar-refractivity contribution is 0.0175. The largest absolute Gasteiger partial charge is 0.380 e. The first-order valence-corrected chi connectivity index (χ1v) is 9.27. The third kappa shape index (κ3) is 3.20. The van der Waals surface area contributed by atoms with Crippen LogP contribution in [0, 0.1) is 5.41 Å². The molecule has 1 spiro atoms. The quantitative estimate of drug-likeness (QED) is 0.834. The van der Waals surface area contributed by atoms with Gasteiger partial charge in [-0.2, -0.15) is 0 Å². The second kappa shape index (κ2) is 6.81. The number of piperidine rings is 2. The number of carbonyl (C=O) groups excluding carboxylic acids is 1. The van der Waals surface area contributed by atoms with E-state index >= 15 is 0 Å². The van der Waals surface area contributed by atoms with Crippen molar-refractivity contribution in [1.29, 1.82) is 0 Å². The SMILES string of the molecule is O=C(c1cccnc1)N1CCC2(CC1)CCN(C1CCOC1)CC2. The Labute approximate surface area is 144 Å². The van der Waals surface area contributed by atoms with Gasteiger partial charge in [-0.1, -0.05) is 0 Å². The molecular weight excluding hydrogens is 302 g/mol. The summed E-state index contributed by atoms with van der Waals surface area (Å²) >= 11 is 0. The first-order valence-electron chi connectivity index (χ1n) is 9.27. The summed E-state index contributed by atoms with van der Waals surface area (Å²) < 4.78 is 5.54. The predicted molar refractivity (Wildman–Crippen MR) is 91.8 cm³/mol. The van der Waals surface area contributed by atoms with Crippen LogP contribution in [0.3, 0.4) is 0 Å². The van der Waals surface area contributed by atoms with Crippen LogP contribution in [0.15, 0.2) is 24.5 Å². The summed E-state index contributed by atoms with van der Waals surface area (Å²) in [6.07, 6.45) is 9.43. The van der Waals surface area contributed by atoms with Gasteiger partial charge in [-0.25, -0.2) is 0 Å². The maximum atomic E-state index is 12.6. The Hall–Kier alpha value is -1.46. The number of amides is 1. The van der Waals surface area contributed by atoms with Gasteiger partial charge in [0.1, 0.15) is 0 Å². The fraction of sp³-hybridized carbons (Fsp3) is 0.684. The van der Waals surface area contributed by atoms with Crippen LogP contribution in [0.25, 0.3) is 0 Å². The number of ether oxygens (including phenoxy) is 1. The standard InChI is InChI=1S/C19H27N3O2/c23-18(16-2-1-8-20-14-16)22-11-6-19(7-12-22)4-9-21(10-5-19)17-3-13-24-15-17/h1-2,8,14,17H,3-7,9-13,15H2. The zero-order chi connectivity index (χ0) is 16.4. The monoisotopic (exact) mass is 329 g/mol. The molecule has 1 aromatic rings. The summed E-state index contributed by atoms with van der Waals surface area (Å²) in [7, 11) is 0. The third-order valence-corrected chi connectivity index (χ3v) is 6.30. The topological polar surface area (TPSA) is 45.7 Å². The van der Waals surface area contributed by atoms with Crippen LogP contribution in [-0.2, 0) is 4.74 Å². The molecule has 3 aliphatic heterocycles. The highest BCUT2D eigenvalue weighted by Crippen LogP contribution is 2.42. The number of likely N-dealkylation sites (tertiary alicyclic amines) is 2. The van der Waals surface area contributed by atoms with E-state index in [2.05, 4.69) is 9.88 Å². The van der Waals surface area contributed by atoms with Crippen LogP contribution in [0.5, 0.6) is 0 Å². The molecule has 3 fully saturated rings. The molecule has 0 aliphatic carbocycles. The summed E-state index contributed by atoms with van der Waals surface area (Å²) in [5, 5.41) is 0. The molecule has 1 aromatic heterocycles. The molecule has 0 aromatic carbocycles. The maximum Gasteiger partial charge on any atom is 0.255 e. The van der Waals surface area contributed by atoms with Crippen molar-refractivity contribution in [3.05, 3.63) is 30.1 Å². The zero-order valence-electron chi connectivity index (χ0n) is 14.3. The van der Waals surface area contributed by atoms with E-state index in [-0.39, 0.29) is 5.91 Å². The van der Waals surface area contributed by atoms with E-state index in [1.54, 1.807) is 12.4 Å². The number of aromatic nitrogens is 1. The van der Waals surface area contributed by atoms with E-state index in [0.29, 0.717) is 17.0 Å². The minimum atomic E-state index is 0.137. The molecule has 4 rings (SSSR count). The molecule has 1 atom stereocenters. The van der Waals surface area contributed by atoms with Crippen LogP contribution >= 0.6 is 0 Å². The van der Waals surface area contributed by atoms with Gasteiger partial charge in [0, 0.05) is 38.1 Å². The molecule has 1 amide bonds. The molecule has 130 valence electrons. The molecule has 4 heterocycles. The van der Waals surface area contributed by atoms with E-state index in [0.717, 1.165) is 39.1 Å². The molecule has 5 nitrogen and oxygen atoms in total. The first kappa shape index (κ1) is 16.0. The van der Waals surface area contributed by atoms with Crippen molar-refractivity contribution in [3.8, 4) is 0 Å². The van der Waals surface area contributed by atoms with Crippen LogP contribution in [0.1, 0.15) is 42.5 Å². The Morgan fingerprint density at radius 2 is 1.92 bits per heavy atom. The number of pyridine rings is 1. The van der Waals surface area contributed by atoms with Gasteiger partial charge in [0.15, 0.2) is 0 Å². The molecule has 0 radical (unpaired) electrons. The van der Waals surface area contributed by atoms with Gasteiger partial charge in [0.25, 0.3) is 5.91 Å². The first-order chi connectivity index (χ1) is 11.8. The van der Waals surface area contributed by atoms with Gasteiger partial charge in [-0.05, 0) is 62.7 Å². The van der Waals surface area contributed by atoms with Crippen LogP contribution in [0.2, 0.25) is 0 Å². The van der Waals surface area contributed by atoms with E-state index in [1.165, 1.54) is 32.4 Å². The number of nitrogens with zero attached hydrogens (tertiary/aromatic N) is 3. The van der Waals surface area contributed by atoms with Gasteiger partial charge >= 0.3 is 0 Å². The van der Waals surface area contributed by atoms with Gasteiger partial charge in [0.2, 0.25) is 0 Å². The minimum absolute atomic E-state index is 0.137. The summed E-state index contributed by atoms with van der Waals surface area (Å²) in [4.78, 5) is 21.3. The second-order valence-corrected chi connectivity index (χ2v) is 7.59. The lowest BCUT2D eigenvalue weighted by Crippen LogP contribution is -2.50. The van der Waals surface area contributed by atoms with Crippen molar-refractivity contribution < 1.29 is 9.53 Å². The van der Waals surface area contributed by atoms with E-state index in [4.69, 9.17) is 4.74 Å². The Kier molecular flexibility index (Phi) is 4.55. The van der Waals surface area contributed by atoms with Crippen molar-refractivity contribution in [2.45, 2.75) is 38.1 Å². The van der Waals surface area contributed by atoms with Crippen molar-refractivity contribution >= 4 is 5.91 Å².